The van der Waals surface area contributed by atoms with Crippen molar-refractivity contribution in [3.05, 3.63) is 82.6 Å². The molecule has 0 unspecified atom stereocenters. The van der Waals surface area contributed by atoms with Crippen LogP contribution in [0.1, 0.15) is 26.3 Å². The summed E-state index contributed by atoms with van der Waals surface area (Å²) in [5, 5.41) is 6.60. The molecular formula is C21H18ClN3O3. The summed E-state index contributed by atoms with van der Waals surface area (Å²) in [5.41, 5.74) is 3.80. The lowest BCUT2D eigenvalue weighted by Crippen LogP contribution is -2.12. The lowest BCUT2D eigenvalue weighted by molar-refractivity contribution is 0.0600. The Kier molecular flexibility index (Phi) is 5.91. The predicted molar refractivity (Wildman–Crippen MR) is 109 cm³/mol. The van der Waals surface area contributed by atoms with Crippen LogP contribution in [-0.4, -0.2) is 24.0 Å². The van der Waals surface area contributed by atoms with Crippen LogP contribution >= 0.6 is 11.6 Å². The van der Waals surface area contributed by atoms with Gasteiger partial charge in [-0.3, -0.25) is 9.78 Å². The highest BCUT2D eigenvalue weighted by Gasteiger charge is 2.10. The molecule has 6 nitrogen and oxygen atoms in total. The minimum absolute atomic E-state index is 0.316. The zero-order valence-corrected chi connectivity index (χ0v) is 16.1. The molecule has 3 rings (SSSR count). The van der Waals surface area contributed by atoms with E-state index in [2.05, 4.69) is 20.4 Å². The number of ether oxygens (including phenoxy) is 1. The van der Waals surface area contributed by atoms with Crippen LogP contribution in [0.25, 0.3) is 0 Å². The molecule has 0 atom stereocenters. The number of nitrogens with one attached hydrogen (secondary N) is 2. The molecule has 2 aromatic carbocycles. The van der Waals surface area contributed by atoms with Crippen LogP contribution in [0.15, 0.2) is 60.9 Å². The van der Waals surface area contributed by atoms with Crippen molar-refractivity contribution < 1.29 is 14.3 Å². The number of carbonyl (C=O) groups is 2. The summed E-state index contributed by atoms with van der Waals surface area (Å²) in [5.74, 6) is -0.749. The average Bonchev–Trinajstić information content (AvgIpc) is 2.71. The van der Waals surface area contributed by atoms with Gasteiger partial charge in [0, 0.05) is 22.6 Å². The highest BCUT2D eigenvalue weighted by molar-refractivity contribution is 6.31. The van der Waals surface area contributed by atoms with Gasteiger partial charge in [0.2, 0.25) is 0 Å². The molecule has 0 radical (unpaired) electrons. The van der Waals surface area contributed by atoms with E-state index in [1.807, 2.05) is 25.1 Å². The normalized spacial score (nSPS) is 10.2. The van der Waals surface area contributed by atoms with Crippen molar-refractivity contribution in [2.75, 3.05) is 17.7 Å². The summed E-state index contributed by atoms with van der Waals surface area (Å²) in [6.45, 7) is 1.93. The molecule has 0 saturated carbocycles. The molecule has 2 N–H and O–H groups in total. The Morgan fingerprint density at radius 2 is 1.64 bits per heavy atom. The zero-order valence-electron chi connectivity index (χ0n) is 15.3. The van der Waals surface area contributed by atoms with E-state index in [-0.39, 0.29) is 5.91 Å². The van der Waals surface area contributed by atoms with Gasteiger partial charge in [0.1, 0.15) is 0 Å². The van der Waals surface area contributed by atoms with Crippen molar-refractivity contribution >= 4 is 40.5 Å². The van der Waals surface area contributed by atoms with Crippen LogP contribution in [-0.2, 0) is 4.74 Å². The zero-order chi connectivity index (χ0) is 20.1. The molecule has 1 heterocycles. The summed E-state index contributed by atoms with van der Waals surface area (Å²) in [4.78, 5) is 28.1. The van der Waals surface area contributed by atoms with Crippen LogP contribution in [0.2, 0.25) is 5.02 Å². The number of nitrogens with zero attached hydrogens (tertiary/aromatic N) is 1. The van der Waals surface area contributed by atoms with Gasteiger partial charge in [-0.1, -0.05) is 17.7 Å². The summed E-state index contributed by atoms with van der Waals surface area (Å²) in [6.07, 6.45) is 3.10. The molecule has 28 heavy (non-hydrogen) atoms. The Morgan fingerprint density at radius 1 is 0.929 bits per heavy atom. The Bertz CT molecular complexity index is 1020. The van der Waals surface area contributed by atoms with E-state index >= 15 is 0 Å². The smallest absolute Gasteiger partial charge is 0.337 e. The molecule has 0 aliphatic carbocycles. The predicted octanol–water partition coefficient (Wildman–Crippen LogP) is 4.83. The second kappa shape index (κ2) is 8.54. The second-order valence-corrected chi connectivity index (χ2v) is 6.48. The quantitative estimate of drug-likeness (QED) is 0.605. The first-order valence-corrected chi connectivity index (χ1v) is 8.82. The number of halogens is 1. The summed E-state index contributed by atoms with van der Waals surface area (Å²) in [6, 6.07) is 13.7. The van der Waals surface area contributed by atoms with Gasteiger partial charge in [0.15, 0.2) is 0 Å². The molecule has 3 aromatic rings. The van der Waals surface area contributed by atoms with Gasteiger partial charge in [-0.2, -0.15) is 0 Å². The van der Waals surface area contributed by atoms with Crippen molar-refractivity contribution in [1.29, 1.82) is 0 Å². The average molecular weight is 396 g/mol. The maximum Gasteiger partial charge on any atom is 0.337 e. The fraction of sp³-hybridized carbons (Fsp3) is 0.0952. The van der Waals surface area contributed by atoms with Crippen LogP contribution in [0.5, 0.6) is 0 Å². The maximum atomic E-state index is 12.5. The summed E-state index contributed by atoms with van der Waals surface area (Å²) < 4.78 is 4.65. The molecule has 0 bridgehead atoms. The minimum atomic E-state index is -0.433. The Hall–Kier alpha value is -3.38. The van der Waals surface area contributed by atoms with E-state index in [4.69, 9.17) is 11.6 Å². The molecule has 7 heteroatoms. The van der Waals surface area contributed by atoms with Crippen molar-refractivity contribution in [1.82, 2.24) is 4.98 Å². The Balaban J connectivity index is 1.71. The summed E-state index contributed by atoms with van der Waals surface area (Å²) >= 11 is 6.14. The van der Waals surface area contributed by atoms with E-state index in [0.29, 0.717) is 27.5 Å². The number of anilines is 3. The number of pyridine rings is 1. The van der Waals surface area contributed by atoms with E-state index in [1.165, 1.54) is 13.3 Å². The summed E-state index contributed by atoms with van der Waals surface area (Å²) in [7, 11) is 1.32. The van der Waals surface area contributed by atoms with Crippen molar-refractivity contribution in [3.63, 3.8) is 0 Å². The number of hydrogen-bond donors (Lipinski definition) is 2. The third-order valence-corrected chi connectivity index (χ3v) is 4.43. The standard InChI is InChI=1S/C21H18ClN3O3/c1-13-3-6-17(10-19(13)22)24-18-9-15(11-23-12-18)20(26)25-16-7-4-14(5-8-16)21(27)28-2/h3-12,24H,1-2H3,(H,25,26). The van der Waals surface area contributed by atoms with Crippen molar-refractivity contribution in [3.8, 4) is 0 Å². The maximum absolute atomic E-state index is 12.5. The minimum Gasteiger partial charge on any atom is -0.465 e. The Labute approximate surface area is 167 Å². The lowest BCUT2D eigenvalue weighted by Gasteiger charge is -2.10. The van der Waals surface area contributed by atoms with Gasteiger partial charge in [-0.25, -0.2) is 4.79 Å². The fourth-order valence-corrected chi connectivity index (χ4v) is 2.66. The number of methoxy groups -OCH3 is 1. The number of aryl methyl sites for hydroxylation is 1. The largest absolute Gasteiger partial charge is 0.465 e. The molecule has 1 amide bonds. The number of carbonyl (C=O) groups excluding carboxylic acids is 2. The third kappa shape index (κ3) is 4.66. The van der Waals surface area contributed by atoms with Gasteiger partial charge in [0.05, 0.1) is 30.1 Å². The van der Waals surface area contributed by atoms with E-state index in [0.717, 1.165) is 11.3 Å². The third-order valence-electron chi connectivity index (χ3n) is 4.02. The van der Waals surface area contributed by atoms with Crippen molar-refractivity contribution in [2.45, 2.75) is 6.92 Å². The molecule has 0 spiro atoms. The molecular weight excluding hydrogens is 378 g/mol. The lowest BCUT2D eigenvalue weighted by atomic mass is 10.2. The second-order valence-electron chi connectivity index (χ2n) is 6.07. The number of hydrogen-bond acceptors (Lipinski definition) is 5. The van der Waals surface area contributed by atoms with Gasteiger partial charge < -0.3 is 15.4 Å². The monoisotopic (exact) mass is 395 g/mol. The van der Waals surface area contributed by atoms with Gasteiger partial charge >= 0.3 is 5.97 Å². The van der Waals surface area contributed by atoms with Crippen LogP contribution < -0.4 is 10.6 Å². The van der Waals surface area contributed by atoms with Crippen LogP contribution in [0.3, 0.4) is 0 Å². The topological polar surface area (TPSA) is 80.3 Å². The number of amides is 1. The van der Waals surface area contributed by atoms with Crippen LogP contribution in [0.4, 0.5) is 17.1 Å². The van der Waals surface area contributed by atoms with E-state index in [1.54, 1.807) is 36.5 Å². The number of benzene rings is 2. The first-order valence-electron chi connectivity index (χ1n) is 8.44. The Morgan fingerprint density at radius 3 is 2.32 bits per heavy atom. The first-order chi connectivity index (χ1) is 13.5. The van der Waals surface area contributed by atoms with Crippen LogP contribution in [0, 0.1) is 6.92 Å². The van der Waals surface area contributed by atoms with E-state index in [9.17, 15) is 9.59 Å². The number of aromatic nitrogens is 1. The van der Waals surface area contributed by atoms with E-state index < -0.39 is 5.97 Å². The van der Waals surface area contributed by atoms with Crippen molar-refractivity contribution in [2.24, 2.45) is 0 Å². The highest BCUT2D eigenvalue weighted by Crippen LogP contribution is 2.23. The molecule has 1 aromatic heterocycles. The van der Waals surface area contributed by atoms with Gasteiger partial charge in [-0.15, -0.1) is 0 Å². The highest BCUT2D eigenvalue weighted by atomic mass is 35.5. The SMILES string of the molecule is COC(=O)c1ccc(NC(=O)c2cncc(Nc3ccc(C)c(Cl)c3)c2)cc1. The fourth-order valence-electron chi connectivity index (χ4n) is 2.48. The molecule has 0 fully saturated rings. The first kappa shape index (κ1) is 19.4. The number of esters is 1. The molecule has 142 valence electrons. The molecule has 0 saturated heterocycles. The molecule has 0 aliphatic heterocycles. The van der Waals surface area contributed by atoms with Gasteiger partial charge in [0.25, 0.3) is 5.91 Å². The number of rotatable bonds is 5. The van der Waals surface area contributed by atoms with Gasteiger partial charge in [-0.05, 0) is 55.0 Å². The molecule has 0 aliphatic rings.